The molecule has 3 rings (SSSR count). The SMILES string of the molecule is CCS(=O)(=O)Nc1ccc(NC(=O)c2ccccc2Nc2ccc(OC)cc2)cc1. The highest BCUT2D eigenvalue weighted by Gasteiger charge is 2.12. The Morgan fingerprint density at radius 1 is 0.867 bits per heavy atom. The van der Waals surface area contributed by atoms with Crippen molar-refractivity contribution in [3.8, 4) is 5.75 Å². The van der Waals surface area contributed by atoms with Gasteiger partial charge in [0.05, 0.1) is 24.1 Å². The van der Waals surface area contributed by atoms with Crippen LogP contribution in [0.4, 0.5) is 22.7 Å². The fourth-order valence-corrected chi connectivity index (χ4v) is 3.33. The van der Waals surface area contributed by atoms with Gasteiger partial charge in [-0.25, -0.2) is 8.42 Å². The smallest absolute Gasteiger partial charge is 0.257 e. The molecule has 0 atom stereocenters. The van der Waals surface area contributed by atoms with Crippen molar-refractivity contribution in [3.05, 3.63) is 78.4 Å². The third-order valence-electron chi connectivity index (χ3n) is 4.34. The van der Waals surface area contributed by atoms with Gasteiger partial charge in [-0.1, -0.05) is 12.1 Å². The number of carbonyl (C=O) groups excluding carboxylic acids is 1. The van der Waals surface area contributed by atoms with Crippen molar-refractivity contribution < 1.29 is 17.9 Å². The number of methoxy groups -OCH3 is 1. The molecule has 0 unspecified atom stereocenters. The lowest BCUT2D eigenvalue weighted by Crippen LogP contribution is -2.15. The average molecular weight is 426 g/mol. The number of hydrogen-bond acceptors (Lipinski definition) is 5. The molecule has 7 nitrogen and oxygen atoms in total. The number of hydrogen-bond donors (Lipinski definition) is 3. The third-order valence-corrected chi connectivity index (χ3v) is 5.64. The lowest BCUT2D eigenvalue weighted by atomic mass is 10.1. The van der Waals surface area contributed by atoms with E-state index in [-0.39, 0.29) is 11.7 Å². The summed E-state index contributed by atoms with van der Waals surface area (Å²) in [7, 11) is -1.74. The Morgan fingerprint density at radius 3 is 2.10 bits per heavy atom. The van der Waals surface area contributed by atoms with Crippen LogP contribution in [0.25, 0.3) is 0 Å². The van der Waals surface area contributed by atoms with E-state index in [9.17, 15) is 13.2 Å². The molecule has 0 aliphatic rings. The quantitative estimate of drug-likeness (QED) is 0.495. The zero-order valence-corrected chi connectivity index (χ0v) is 17.5. The average Bonchev–Trinajstić information content (AvgIpc) is 2.76. The standard InChI is InChI=1S/C22H23N3O4S/c1-3-30(27,28)25-18-10-8-17(9-11-18)24-22(26)20-6-4-5-7-21(20)23-16-12-14-19(29-2)15-13-16/h4-15,23,25H,3H2,1-2H3,(H,24,26). The predicted octanol–water partition coefficient (Wildman–Crippen LogP) is 4.45. The monoisotopic (exact) mass is 425 g/mol. The molecule has 0 fully saturated rings. The Kier molecular flexibility index (Phi) is 6.58. The zero-order valence-electron chi connectivity index (χ0n) is 16.7. The van der Waals surface area contributed by atoms with Crippen molar-refractivity contribution in [3.63, 3.8) is 0 Å². The van der Waals surface area contributed by atoms with Crippen LogP contribution < -0.4 is 20.1 Å². The number of benzene rings is 3. The van der Waals surface area contributed by atoms with E-state index in [1.165, 1.54) is 0 Å². The summed E-state index contributed by atoms with van der Waals surface area (Å²) in [6, 6.07) is 21.1. The molecule has 3 aromatic carbocycles. The van der Waals surface area contributed by atoms with Crippen LogP contribution in [0.1, 0.15) is 17.3 Å². The number of rotatable bonds is 8. The van der Waals surface area contributed by atoms with Crippen molar-refractivity contribution in [1.29, 1.82) is 0 Å². The minimum absolute atomic E-state index is 0.0104. The highest BCUT2D eigenvalue weighted by Crippen LogP contribution is 2.24. The molecule has 156 valence electrons. The lowest BCUT2D eigenvalue weighted by molar-refractivity contribution is 0.102. The van der Waals surface area contributed by atoms with Crippen LogP contribution in [0.3, 0.4) is 0 Å². The third kappa shape index (κ3) is 5.51. The molecule has 0 aromatic heterocycles. The summed E-state index contributed by atoms with van der Waals surface area (Å²) in [5.41, 5.74) is 2.95. The van der Waals surface area contributed by atoms with E-state index in [0.717, 1.165) is 11.4 Å². The van der Waals surface area contributed by atoms with Gasteiger partial charge in [0.2, 0.25) is 10.0 Å². The summed E-state index contributed by atoms with van der Waals surface area (Å²) in [5.74, 6) is 0.452. The number of nitrogens with one attached hydrogen (secondary N) is 3. The normalized spacial score (nSPS) is 10.9. The minimum atomic E-state index is -3.34. The van der Waals surface area contributed by atoms with Crippen LogP contribution >= 0.6 is 0 Å². The molecule has 8 heteroatoms. The number of para-hydroxylation sites is 1. The maximum Gasteiger partial charge on any atom is 0.257 e. The molecular weight excluding hydrogens is 402 g/mol. The van der Waals surface area contributed by atoms with Crippen LogP contribution in [-0.2, 0) is 10.0 Å². The van der Waals surface area contributed by atoms with Crippen molar-refractivity contribution in [2.75, 3.05) is 28.2 Å². The van der Waals surface area contributed by atoms with E-state index in [1.807, 2.05) is 36.4 Å². The number of ether oxygens (including phenoxy) is 1. The van der Waals surface area contributed by atoms with Crippen LogP contribution in [-0.4, -0.2) is 27.2 Å². The van der Waals surface area contributed by atoms with Crippen molar-refractivity contribution in [2.45, 2.75) is 6.92 Å². The molecule has 1 amide bonds. The summed E-state index contributed by atoms with van der Waals surface area (Å²) in [5, 5.41) is 6.07. The minimum Gasteiger partial charge on any atom is -0.497 e. The Balaban J connectivity index is 1.72. The summed E-state index contributed by atoms with van der Waals surface area (Å²) < 4.78 is 30.9. The van der Waals surface area contributed by atoms with Crippen LogP contribution in [0.15, 0.2) is 72.8 Å². The first kappa shape index (κ1) is 21.2. The van der Waals surface area contributed by atoms with Gasteiger partial charge in [-0.05, 0) is 67.6 Å². The molecule has 0 aliphatic carbocycles. The molecule has 0 heterocycles. The Morgan fingerprint density at radius 2 is 1.47 bits per heavy atom. The molecule has 0 saturated carbocycles. The summed E-state index contributed by atoms with van der Waals surface area (Å²) >= 11 is 0. The first-order valence-corrected chi connectivity index (χ1v) is 11.0. The van der Waals surface area contributed by atoms with Gasteiger partial charge >= 0.3 is 0 Å². The molecule has 0 saturated heterocycles. The highest BCUT2D eigenvalue weighted by atomic mass is 32.2. The van der Waals surface area contributed by atoms with Gasteiger partial charge in [0.15, 0.2) is 0 Å². The molecule has 0 spiro atoms. The van der Waals surface area contributed by atoms with Gasteiger partial charge in [0.1, 0.15) is 5.75 Å². The van der Waals surface area contributed by atoms with Crippen LogP contribution in [0.2, 0.25) is 0 Å². The van der Waals surface area contributed by atoms with Crippen LogP contribution in [0, 0.1) is 0 Å². The number of sulfonamides is 1. The molecule has 3 N–H and O–H groups in total. The van der Waals surface area contributed by atoms with Crippen molar-refractivity contribution in [2.24, 2.45) is 0 Å². The van der Waals surface area contributed by atoms with Gasteiger partial charge in [-0.15, -0.1) is 0 Å². The van der Waals surface area contributed by atoms with E-state index >= 15 is 0 Å². The second kappa shape index (κ2) is 9.32. The molecule has 3 aromatic rings. The van der Waals surface area contributed by atoms with Crippen LogP contribution in [0.5, 0.6) is 5.75 Å². The Bertz CT molecular complexity index is 1110. The van der Waals surface area contributed by atoms with E-state index < -0.39 is 10.0 Å². The van der Waals surface area contributed by atoms with Gasteiger partial charge in [0, 0.05) is 17.1 Å². The molecular formula is C22H23N3O4S. The molecule has 30 heavy (non-hydrogen) atoms. The van der Waals surface area contributed by atoms with Crippen molar-refractivity contribution in [1.82, 2.24) is 0 Å². The summed E-state index contributed by atoms with van der Waals surface area (Å²) in [6.07, 6.45) is 0. The number of carbonyl (C=O) groups is 1. The molecule has 0 bridgehead atoms. The van der Waals surface area contributed by atoms with Crippen molar-refractivity contribution >= 4 is 38.7 Å². The first-order valence-electron chi connectivity index (χ1n) is 9.32. The number of anilines is 4. The number of amides is 1. The van der Waals surface area contributed by atoms with E-state index in [0.29, 0.717) is 22.6 Å². The van der Waals surface area contributed by atoms with E-state index in [4.69, 9.17) is 4.74 Å². The topological polar surface area (TPSA) is 96.5 Å². The first-order chi connectivity index (χ1) is 14.4. The van der Waals surface area contributed by atoms with E-state index in [1.54, 1.807) is 50.4 Å². The largest absolute Gasteiger partial charge is 0.497 e. The Hall–Kier alpha value is -3.52. The van der Waals surface area contributed by atoms with Gasteiger partial charge in [-0.2, -0.15) is 0 Å². The molecule has 0 aliphatic heterocycles. The second-order valence-corrected chi connectivity index (χ2v) is 8.45. The zero-order chi connectivity index (χ0) is 21.6. The summed E-state index contributed by atoms with van der Waals surface area (Å²) in [4.78, 5) is 12.8. The fourth-order valence-electron chi connectivity index (χ4n) is 2.69. The maximum atomic E-state index is 12.8. The van der Waals surface area contributed by atoms with Gasteiger partial charge in [-0.3, -0.25) is 9.52 Å². The van der Waals surface area contributed by atoms with Gasteiger partial charge < -0.3 is 15.4 Å². The second-order valence-electron chi connectivity index (χ2n) is 6.44. The lowest BCUT2D eigenvalue weighted by Gasteiger charge is -2.13. The highest BCUT2D eigenvalue weighted by molar-refractivity contribution is 7.92. The summed E-state index contributed by atoms with van der Waals surface area (Å²) in [6.45, 7) is 1.56. The Labute approximate surface area is 176 Å². The molecule has 0 radical (unpaired) electrons. The van der Waals surface area contributed by atoms with E-state index in [2.05, 4.69) is 15.4 Å². The fraction of sp³-hybridized carbons (Fsp3) is 0.136. The van der Waals surface area contributed by atoms with Gasteiger partial charge in [0.25, 0.3) is 5.91 Å². The maximum absolute atomic E-state index is 12.8. The predicted molar refractivity (Wildman–Crippen MR) is 120 cm³/mol.